The van der Waals surface area contributed by atoms with Crippen molar-refractivity contribution in [3.63, 3.8) is 0 Å². The normalized spacial score (nSPS) is 15.5. The van der Waals surface area contributed by atoms with Gasteiger partial charge in [-0.3, -0.25) is 0 Å². The third kappa shape index (κ3) is 5.51. The SMILES string of the molecule is CNC(=O)N1N=C(c2ccc(Nc3cccnc3F)cc2)c2cc(Cl)c(OC(F)(F)F)cc2CC1C. The maximum absolute atomic E-state index is 13.9. The van der Waals surface area contributed by atoms with Crippen LogP contribution in [0.4, 0.5) is 33.7 Å². The maximum atomic E-state index is 13.9. The van der Waals surface area contributed by atoms with E-state index in [1.165, 1.54) is 36.5 Å². The largest absolute Gasteiger partial charge is 0.573 e. The van der Waals surface area contributed by atoms with Crippen molar-refractivity contribution in [2.75, 3.05) is 12.4 Å². The summed E-state index contributed by atoms with van der Waals surface area (Å²) in [4.78, 5) is 16.1. The molecule has 0 saturated carbocycles. The lowest BCUT2D eigenvalue weighted by molar-refractivity contribution is -0.274. The number of hydrogen-bond donors (Lipinski definition) is 2. The third-order valence-electron chi connectivity index (χ3n) is 5.40. The van der Waals surface area contributed by atoms with E-state index in [4.69, 9.17) is 11.6 Å². The van der Waals surface area contributed by atoms with E-state index < -0.39 is 30.1 Å². The molecule has 1 atom stereocenters. The molecule has 1 aromatic heterocycles. The zero-order valence-corrected chi connectivity index (χ0v) is 19.8. The van der Waals surface area contributed by atoms with Gasteiger partial charge in [0.15, 0.2) is 0 Å². The summed E-state index contributed by atoms with van der Waals surface area (Å²) in [5.74, 6) is -1.20. The van der Waals surface area contributed by atoms with Gasteiger partial charge in [-0.1, -0.05) is 23.7 Å². The van der Waals surface area contributed by atoms with Gasteiger partial charge >= 0.3 is 12.4 Å². The fourth-order valence-corrected chi connectivity index (χ4v) is 3.97. The van der Waals surface area contributed by atoms with Crippen LogP contribution in [0.3, 0.4) is 0 Å². The van der Waals surface area contributed by atoms with Crippen LogP contribution in [0.25, 0.3) is 0 Å². The van der Waals surface area contributed by atoms with Crippen LogP contribution < -0.4 is 15.4 Å². The predicted octanol–water partition coefficient (Wildman–Crippen LogP) is 5.85. The number of ether oxygens (including phenoxy) is 1. The number of amides is 2. The summed E-state index contributed by atoms with van der Waals surface area (Å²) < 4.78 is 56.6. The minimum absolute atomic E-state index is 0.186. The van der Waals surface area contributed by atoms with Gasteiger partial charge in [0.2, 0.25) is 5.95 Å². The van der Waals surface area contributed by atoms with Crippen LogP contribution in [0.5, 0.6) is 5.75 Å². The van der Waals surface area contributed by atoms with E-state index in [1.807, 2.05) is 0 Å². The Morgan fingerprint density at radius 3 is 2.56 bits per heavy atom. The summed E-state index contributed by atoms with van der Waals surface area (Å²) in [6.07, 6.45) is -3.39. The summed E-state index contributed by atoms with van der Waals surface area (Å²) >= 11 is 6.14. The minimum atomic E-state index is -4.92. The zero-order valence-electron chi connectivity index (χ0n) is 19.0. The van der Waals surface area contributed by atoms with Gasteiger partial charge < -0.3 is 15.4 Å². The van der Waals surface area contributed by atoms with Crippen molar-refractivity contribution < 1.29 is 27.1 Å². The smallest absolute Gasteiger partial charge is 0.404 e. The molecule has 12 heteroatoms. The van der Waals surface area contributed by atoms with Gasteiger partial charge in [-0.2, -0.15) is 9.49 Å². The second-order valence-corrected chi connectivity index (χ2v) is 8.34. The number of halogens is 5. The van der Waals surface area contributed by atoms with Gasteiger partial charge in [-0.25, -0.2) is 14.8 Å². The van der Waals surface area contributed by atoms with E-state index in [0.717, 1.165) is 0 Å². The number of nitrogens with one attached hydrogen (secondary N) is 2. The van der Waals surface area contributed by atoms with Crippen LogP contribution in [-0.2, 0) is 6.42 Å². The molecule has 0 saturated heterocycles. The van der Waals surface area contributed by atoms with Crippen LogP contribution in [0.15, 0.2) is 59.8 Å². The molecule has 2 N–H and O–H groups in total. The average molecular weight is 522 g/mol. The third-order valence-corrected chi connectivity index (χ3v) is 5.69. The number of benzene rings is 2. The first-order valence-corrected chi connectivity index (χ1v) is 11.1. The van der Waals surface area contributed by atoms with Crippen molar-refractivity contribution in [3.8, 4) is 5.75 Å². The molecule has 0 bridgehead atoms. The number of fused-ring (bicyclic) bond motifs is 1. The molecule has 2 aromatic carbocycles. The fraction of sp³-hybridized carbons (Fsp3) is 0.208. The molecule has 0 spiro atoms. The molecule has 1 aliphatic rings. The lowest BCUT2D eigenvalue weighted by atomic mass is 9.94. The molecule has 4 rings (SSSR count). The molecule has 7 nitrogen and oxygen atoms in total. The Morgan fingerprint density at radius 2 is 1.92 bits per heavy atom. The Kier molecular flexibility index (Phi) is 7.02. The van der Waals surface area contributed by atoms with Crippen LogP contribution in [0, 0.1) is 5.95 Å². The van der Waals surface area contributed by atoms with E-state index in [1.54, 1.807) is 37.3 Å². The first-order valence-electron chi connectivity index (χ1n) is 10.7. The van der Waals surface area contributed by atoms with Gasteiger partial charge in [0.05, 0.1) is 22.5 Å². The Bertz CT molecular complexity index is 1310. The Balaban J connectivity index is 1.77. The van der Waals surface area contributed by atoms with Crippen molar-refractivity contribution in [2.45, 2.75) is 25.7 Å². The lowest BCUT2D eigenvalue weighted by Gasteiger charge is -2.22. The molecule has 36 heavy (non-hydrogen) atoms. The van der Waals surface area contributed by atoms with Crippen molar-refractivity contribution in [1.82, 2.24) is 15.3 Å². The van der Waals surface area contributed by atoms with Crippen molar-refractivity contribution in [3.05, 3.63) is 82.4 Å². The maximum Gasteiger partial charge on any atom is 0.573 e. The molecule has 1 unspecified atom stereocenters. The van der Waals surface area contributed by atoms with Gasteiger partial charge in [-0.05, 0) is 55.3 Å². The number of pyridine rings is 1. The van der Waals surface area contributed by atoms with Crippen LogP contribution in [0.2, 0.25) is 5.02 Å². The summed E-state index contributed by atoms with van der Waals surface area (Å²) in [6.45, 7) is 1.72. The first-order chi connectivity index (χ1) is 17.1. The van der Waals surface area contributed by atoms with Crippen molar-refractivity contribution >= 4 is 34.7 Å². The highest BCUT2D eigenvalue weighted by Gasteiger charge is 2.34. The molecule has 0 radical (unpaired) electrons. The summed E-state index contributed by atoms with van der Waals surface area (Å²) in [5, 5.41) is 10.9. The van der Waals surface area contributed by atoms with E-state index in [2.05, 4.69) is 25.5 Å². The van der Waals surface area contributed by atoms with Crippen molar-refractivity contribution in [2.24, 2.45) is 5.10 Å². The zero-order chi connectivity index (χ0) is 26.0. The Hall–Kier alpha value is -3.86. The first kappa shape index (κ1) is 25.2. The van der Waals surface area contributed by atoms with E-state index in [0.29, 0.717) is 28.1 Å². The molecule has 188 valence electrons. The average Bonchev–Trinajstić information content (AvgIpc) is 2.96. The molecular weight excluding hydrogens is 502 g/mol. The Morgan fingerprint density at radius 1 is 1.19 bits per heavy atom. The number of aromatic nitrogens is 1. The predicted molar refractivity (Wildman–Crippen MR) is 127 cm³/mol. The quantitative estimate of drug-likeness (QED) is 0.333. The molecule has 0 aliphatic carbocycles. The number of hydrogen-bond acceptors (Lipinski definition) is 5. The molecule has 0 fully saturated rings. The van der Waals surface area contributed by atoms with Gasteiger partial charge in [0.25, 0.3) is 0 Å². The highest BCUT2D eigenvalue weighted by molar-refractivity contribution is 6.32. The molecular formula is C24H20ClF4N5O2. The second-order valence-electron chi connectivity index (χ2n) is 7.93. The van der Waals surface area contributed by atoms with Crippen LogP contribution >= 0.6 is 11.6 Å². The monoisotopic (exact) mass is 521 g/mol. The van der Waals surface area contributed by atoms with Gasteiger partial charge in [0, 0.05) is 30.1 Å². The molecule has 3 aromatic rings. The fourth-order valence-electron chi connectivity index (χ4n) is 3.77. The second kappa shape index (κ2) is 10.0. The number of nitrogens with zero attached hydrogens (tertiary/aromatic N) is 3. The molecule has 1 aliphatic heterocycles. The highest BCUT2D eigenvalue weighted by atomic mass is 35.5. The van der Waals surface area contributed by atoms with E-state index in [9.17, 15) is 22.4 Å². The number of anilines is 2. The van der Waals surface area contributed by atoms with Gasteiger partial charge in [0.1, 0.15) is 5.75 Å². The lowest BCUT2D eigenvalue weighted by Crippen LogP contribution is -2.41. The van der Waals surface area contributed by atoms with Gasteiger partial charge in [-0.15, -0.1) is 13.2 Å². The summed E-state index contributed by atoms with van der Waals surface area (Å²) in [5.41, 5.74) is 2.53. The topological polar surface area (TPSA) is 78.9 Å². The van der Waals surface area contributed by atoms with Crippen LogP contribution in [-0.4, -0.2) is 41.2 Å². The van der Waals surface area contributed by atoms with Crippen molar-refractivity contribution in [1.29, 1.82) is 0 Å². The standard InChI is InChI=1S/C24H20ClF4N5O2/c1-13-10-15-11-20(36-24(27,28)29)18(25)12-17(15)21(33-34(13)23(35)30-2)14-5-7-16(8-6-14)32-19-4-3-9-31-22(19)26/h3-9,11-13,32H,10H2,1-2H3,(H,30,35). The molecule has 2 heterocycles. The van der Waals surface area contributed by atoms with E-state index >= 15 is 0 Å². The highest BCUT2D eigenvalue weighted by Crippen LogP contribution is 2.36. The number of alkyl halides is 3. The number of hydrazone groups is 1. The number of rotatable bonds is 4. The van der Waals surface area contributed by atoms with E-state index in [-0.39, 0.29) is 17.1 Å². The minimum Gasteiger partial charge on any atom is -0.404 e. The summed E-state index contributed by atoms with van der Waals surface area (Å²) in [6, 6.07) is 11.4. The number of carbonyl (C=O) groups is 1. The summed E-state index contributed by atoms with van der Waals surface area (Å²) in [7, 11) is 1.45. The Labute approximate surface area is 208 Å². The molecule has 2 amide bonds. The number of carbonyl (C=O) groups excluding carboxylic acids is 1. The van der Waals surface area contributed by atoms with Crippen LogP contribution in [0.1, 0.15) is 23.6 Å². The number of urea groups is 1.